The summed E-state index contributed by atoms with van der Waals surface area (Å²) < 4.78 is 11.1. The van der Waals surface area contributed by atoms with Crippen molar-refractivity contribution in [2.45, 2.75) is 31.3 Å². The van der Waals surface area contributed by atoms with Gasteiger partial charge in [-0.15, -0.1) is 12.3 Å². The van der Waals surface area contributed by atoms with Crippen LogP contribution < -0.4 is 11.1 Å². The molecule has 0 aromatic rings. The van der Waals surface area contributed by atoms with Crippen LogP contribution >= 0.6 is 0 Å². The van der Waals surface area contributed by atoms with Gasteiger partial charge in [-0.05, 0) is 12.8 Å². The van der Waals surface area contributed by atoms with Crippen LogP contribution in [-0.2, 0) is 15.6 Å². The van der Waals surface area contributed by atoms with Crippen molar-refractivity contribution in [2.75, 3.05) is 11.5 Å². The number of nitrogens with one attached hydrogen (secondary N) is 1. The van der Waals surface area contributed by atoms with Crippen molar-refractivity contribution in [3.8, 4) is 12.3 Å². The molecule has 0 spiro atoms. The maximum absolute atomic E-state index is 11.5. The van der Waals surface area contributed by atoms with Crippen LogP contribution in [0.1, 0.15) is 19.3 Å². The molecule has 0 aromatic carbocycles. The molecule has 3 N–H and O–H groups in total. The van der Waals surface area contributed by atoms with Crippen LogP contribution in [-0.4, -0.2) is 33.7 Å². The average Bonchev–Trinajstić information content (AvgIpc) is 2.22. The van der Waals surface area contributed by atoms with Crippen LogP contribution in [0.2, 0.25) is 0 Å². The molecule has 0 bridgehead atoms. The number of carbonyl (C=O) groups is 1. The summed E-state index contributed by atoms with van der Waals surface area (Å²) in [5.74, 6) is 3.48. The maximum Gasteiger partial charge on any atom is 0.238 e. The van der Waals surface area contributed by atoms with Gasteiger partial charge in [-0.3, -0.25) is 9.00 Å². The second kappa shape index (κ2) is 5.89. The Hall–Kier alpha value is -0.860. The van der Waals surface area contributed by atoms with E-state index in [0.29, 0.717) is 11.5 Å². The number of nitrogens with two attached hydrogens (primary N) is 1. The van der Waals surface area contributed by atoms with Crippen LogP contribution in [0.15, 0.2) is 0 Å². The summed E-state index contributed by atoms with van der Waals surface area (Å²) in [5, 5.41) is 2.83. The van der Waals surface area contributed by atoms with Gasteiger partial charge in [0.05, 0.1) is 6.04 Å². The van der Waals surface area contributed by atoms with E-state index in [0.717, 1.165) is 12.8 Å². The number of rotatable bonds is 3. The molecule has 1 amide bonds. The van der Waals surface area contributed by atoms with E-state index in [9.17, 15) is 9.00 Å². The second-order valence-electron chi connectivity index (χ2n) is 3.65. The molecule has 0 aliphatic carbocycles. The lowest BCUT2D eigenvalue weighted by atomic mass is 10.1. The SMILES string of the molecule is C#CCC(N)C(=O)NC1CCS(=O)CC1. The van der Waals surface area contributed by atoms with Crippen molar-refractivity contribution in [2.24, 2.45) is 5.73 Å². The van der Waals surface area contributed by atoms with Gasteiger partial charge in [0.2, 0.25) is 5.91 Å². The molecule has 1 rings (SSSR count). The average molecular weight is 228 g/mol. The molecule has 0 saturated carbocycles. The summed E-state index contributed by atoms with van der Waals surface area (Å²) in [6.07, 6.45) is 6.85. The summed E-state index contributed by atoms with van der Waals surface area (Å²) >= 11 is 0. The number of carbonyl (C=O) groups excluding carboxylic acids is 1. The minimum atomic E-state index is -0.705. The highest BCUT2D eigenvalue weighted by atomic mass is 32.2. The molecule has 0 aromatic heterocycles. The van der Waals surface area contributed by atoms with Gasteiger partial charge < -0.3 is 11.1 Å². The minimum absolute atomic E-state index is 0.110. The Balaban J connectivity index is 2.32. The van der Waals surface area contributed by atoms with E-state index in [-0.39, 0.29) is 18.4 Å². The molecule has 1 unspecified atom stereocenters. The highest BCUT2D eigenvalue weighted by Gasteiger charge is 2.21. The number of amides is 1. The summed E-state index contributed by atoms with van der Waals surface area (Å²) in [6.45, 7) is 0. The molecule has 5 heteroatoms. The minimum Gasteiger partial charge on any atom is -0.352 e. The fourth-order valence-corrected chi connectivity index (χ4v) is 2.76. The molecular weight excluding hydrogens is 212 g/mol. The Morgan fingerprint density at radius 3 is 2.73 bits per heavy atom. The molecule has 1 aliphatic heterocycles. The van der Waals surface area contributed by atoms with Crippen LogP contribution in [0.4, 0.5) is 0 Å². The fraction of sp³-hybridized carbons (Fsp3) is 0.700. The van der Waals surface area contributed by atoms with Crippen molar-refractivity contribution in [3.63, 3.8) is 0 Å². The zero-order valence-electron chi connectivity index (χ0n) is 8.57. The normalized spacial score (nSPS) is 27.7. The molecule has 1 fully saturated rings. The van der Waals surface area contributed by atoms with Gasteiger partial charge in [-0.2, -0.15) is 0 Å². The third-order valence-corrected chi connectivity index (χ3v) is 3.79. The zero-order valence-corrected chi connectivity index (χ0v) is 9.39. The summed E-state index contributed by atoms with van der Waals surface area (Å²) in [7, 11) is -0.705. The topological polar surface area (TPSA) is 72.2 Å². The highest BCUT2D eigenvalue weighted by molar-refractivity contribution is 7.85. The lowest BCUT2D eigenvalue weighted by Gasteiger charge is -2.23. The number of hydrogen-bond donors (Lipinski definition) is 2. The quantitative estimate of drug-likeness (QED) is 0.631. The number of terminal acetylenes is 1. The van der Waals surface area contributed by atoms with Crippen molar-refractivity contribution in [3.05, 3.63) is 0 Å². The summed E-state index contributed by atoms with van der Waals surface area (Å²) in [4.78, 5) is 11.5. The molecular formula is C10H16N2O2S. The van der Waals surface area contributed by atoms with Gasteiger partial charge in [-0.1, -0.05) is 0 Å². The standard InChI is InChI=1S/C10H16N2O2S/c1-2-3-9(11)10(13)12-8-4-6-15(14)7-5-8/h1,8-9H,3-7,11H2,(H,12,13). The highest BCUT2D eigenvalue weighted by Crippen LogP contribution is 2.09. The first-order valence-electron chi connectivity index (χ1n) is 4.98. The van der Waals surface area contributed by atoms with Crippen molar-refractivity contribution < 1.29 is 9.00 Å². The van der Waals surface area contributed by atoms with Crippen molar-refractivity contribution in [1.29, 1.82) is 0 Å². The first-order valence-corrected chi connectivity index (χ1v) is 6.46. The molecule has 4 nitrogen and oxygen atoms in total. The van der Waals surface area contributed by atoms with Crippen LogP contribution in [0, 0.1) is 12.3 Å². The van der Waals surface area contributed by atoms with Crippen LogP contribution in [0.5, 0.6) is 0 Å². The summed E-state index contributed by atoms with van der Waals surface area (Å²) in [5.41, 5.74) is 5.56. The first kappa shape index (κ1) is 12.2. The Morgan fingerprint density at radius 2 is 2.20 bits per heavy atom. The van der Waals surface area contributed by atoms with E-state index in [4.69, 9.17) is 12.2 Å². The van der Waals surface area contributed by atoms with E-state index in [1.54, 1.807) is 0 Å². The third kappa shape index (κ3) is 4.02. The van der Waals surface area contributed by atoms with E-state index >= 15 is 0 Å². The van der Waals surface area contributed by atoms with E-state index in [1.165, 1.54) is 0 Å². The van der Waals surface area contributed by atoms with Gasteiger partial charge >= 0.3 is 0 Å². The van der Waals surface area contributed by atoms with Gasteiger partial charge in [0, 0.05) is 34.8 Å². The van der Waals surface area contributed by atoms with E-state index < -0.39 is 16.8 Å². The summed E-state index contributed by atoms with van der Waals surface area (Å²) in [6, 6.07) is -0.513. The zero-order chi connectivity index (χ0) is 11.3. The Morgan fingerprint density at radius 1 is 1.60 bits per heavy atom. The fourth-order valence-electron chi connectivity index (χ4n) is 1.47. The van der Waals surface area contributed by atoms with Crippen LogP contribution in [0.3, 0.4) is 0 Å². The largest absolute Gasteiger partial charge is 0.352 e. The Bertz CT molecular complexity index is 288. The van der Waals surface area contributed by atoms with Gasteiger partial charge in [-0.25, -0.2) is 0 Å². The third-order valence-electron chi connectivity index (χ3n) is 2.41. The lowest BCUT2D eigenvalue weighted by molar-refractivity contribution is -0.123. The van der Waals surface area contributed by atoms with Gasteiger partial charge in [0.1, 0.15) is 0 Å². The van der Waals surface area contributed by atoms with E-state index in [1.807, 2.05) is 0 Å². The molecule has 1 aliphatic rings. The first-order chi connectivity index (χ1) is 7.13. The molecule has 0 radical (unpaired) electrons. The maximum atomic E-state index is 11.5. The molecule has 1 heterocycles. The second-order valence-corrected chi connectivity index (χ2v) is 5.34. The van der Waals surface area contributed by atoms with Crippen molar-refractivity contribution in [1.82, 2.24) is 5.32 Å². The van der Waals surface area contributed by atoms with Gasteiger partial charge in [0.25, 0.3) is 0 Å². The number of hydrogen-bond acceptors (Lipinski definition) is 3. The van der Waals surface area contributed by atoms with Gasteiger partial charge in [0.15, 0.2) is 0 Å². The predicted molar refractivity (Wildman–Crippen MR) is 60.5 cm³/mol. The Labute approximate surface area is 92.4 Å². The molecule has 1 saturated heterocycles. The monoisotopic (exact) mass is 228 g/mol. The van der Waals surface area contributed by atoms with Crippen molar-refractivity contribution >= 4 is 16.7 Å². The smallest absolute Gasteiger partial charge is 0.238 e. The lowest BCUT2D eigenvalue weighted by Crippen LogP contribution is -2.47. The van der Waals surface area contributed by atoms with E-state index in [2.05, 4.69) is 11.2 Å². The van der Waals surface area contributed by atoms with Crippen LogP contribution in [0.25, 0.3) is 0 Å². The molecule has 1 atom stereocenters. The molecule has 84 valence electrons. The molecule has 15 heavy (non-hydrogen) atoms. The predicted octanol–water partition coefficient (Wildman–Crippen LogP) is -0.636. The Kier molecular flexibility index (Phi) is 4.79.